The second-order valence-electron chi connectivity index (χ2n) is 5.93. The molecule has 1 aromatic rings. The van der Waals surface area contributed by atoms with Crippen molar-refractivity contribution < 1.29 is 14.3 Å². The maximum Gasteiger partial charge on any atom is 0.261 e. The van der Waals surface area contributed by atoms with Gasteiger partial charge in [-0.2, -0.15) is 0 Å². The first-order valence-electron chi connectivity index (χ1n) is 7.76. The quantitative estimate of drug-likeness (QED) is 0.814. The molecule has 2 rings (SSSR count). The maximum absolute atomic E-state index is 12.2. The van der Waals surface area contributed by atoms with Crippen molar-refractivity contribution in [2.45, 2.75) is 39.3 Å². The van der Waals surface area contributed by atoms with Gasteiger partial charge in [0.2, 0.25) is 0 Å². The van der Waals surface area contributed by atoms with Crippen molar-refractivity contribution >= 4 is 11.7 Å². The zero-order valence-electron chi connectivity index (χ0n) is 13.4. The summed E-state index contributed by atoms with van der Waals surface area (Å²) in [5.74, 6) is 0.835. The van der Waals surface area contributed by atoms with Crippen molar-refractivity contribution in [3.8, 4) is 5.75 Å². The van der Waals surface area contributed by atoms with E-state index in [1.807, 2.05) is 0 Å². The van der Waals surface area contributed by atoms with Crippen LogP contribution in [0.2, 0.25) is 0 Å². The van der Waals surface area contributed by atoms with Crippen LogP contribution in [0.5, 0.6) is 5.75 Å². The van der Waals surface area contributed by atoms with Gasteiger partial charge in [0.25, 0.3) is 5.91 Å². The largest absolute Gasteiger partial charge is 0.481 e. The van der Waals surface area contributed by atoms with E-state index >= 15 is 0 Å². The van der Waals surface area contributed by atoms with Gasteiger partial charge >= 0.3 is 0 Å². The van der Waals surface area contributed by atoms with Gasteiger partial charge in [0.1, 0.15) is 5.75 Å². The minimum Gasteiger partial charge on any atom is -0.481 e. The fraction of sp³-hybridized carbons (Fsp3) is 0.529. The first-order chi connectivity index (χ1) is 10.5. The van der Waals surface area contributed by atoms with Gasteiger partial charge in [-0.05, 0) is 44.9 Å². The number of ether oxygens (including phenoxy) is 1. The molecule has 5 heteroatoms. The van der Waals surface area contributed by atoms with Gasteiger partial charge in [-0.1, -0.05) is 19.1 Å². The van der Waals surface area contributed by atoms with E-state index in [1.54, 1.807) is 31.2 Å². The third-order valence-corrected chi connectivity index (χ3v) is 4.08. The van der Waals surface area contributed by atoms with Gasteiger partial charge < -0.3 is 15.4 Å². The first-order valence-corrected chi connectivity index (χ1v) is 7.76. The van der Waals surface area contributed by atoms with Gasteiger partial charge in [0.05, 0.1) is 0 Å². The van der Waals surface area contributed by atoms with Crippen LogP contribution in [0.3, 0.4) is 0 Å². The number of Topliss-reactive ketones (excluding diaryl/α,β-unsaturated/α-hetero) is 1. The SMILES string of the molecule is CC(=O)c1cccc(OC(C)C(=O)NC2CNCCC2C)c1. The number of amides is 1. The smallest absolute Gasteiger partial charge is 0.261 e. The molecule has 0 radical (unpaired) electrons. The molecule has 1 aromatic carbocycles. The monoisotopic (exact) mass is 304 g/mol. The highest BCUT2D eigenvalue weighted by Crippen LogP contribution is 2.16. The Balaban J connectivity index is 1.93. The molecule has 1 amide bonds. The molecule has 0 spiro atoms. The Morgan fingerprint density at radius 3 is 2.86 bits per heavy atom. The molecule has 1 aliphatic rings. The van der Waals surface area contributed by atoms with Gasteiger partial charge in [0.15, 0.2) is 11.9 Å². The van der Waals surface area contributed by atoms with Crippen LogP contribution >= 0.6 is 0 Å². The Bertz CT molecular complexity index is 544. The zero-order valence-corrected chi connectivity index (χ0v) is 13.4. The summed E-state index contributed by atoms with van der Waals surface area (Å²) in [6, 6.07) is 7.03. The van der Waals surface area contributed by atoms with E-state index in [1.165, 1.54) is 6.92 Å². The Kier molecular flexibility index (Phi) is 5.55. The Hall–Kier alpha value is -1.88. The Labute approximate surface area is 131 Å². The van der Waals surface area contributed by atoms with Crippen LogP contribution in [0.4, 0.5) is 0 Å². The number of nitrogens with one attached hydrogen (secondary N) is 2. The van der Waals surface area contributed by atoms with Crippen LogP contribution in [0.25, 0.3) is 0 Å². The van der Waals surface area contributed by atoms with Gasteiger partial charge in [0, 0.05) is 18.2 Å². The predicted molar refractivity (Wildman–Crippen MR) is 85.1 cm³/mol. The van der Waals surface area contributed by atoms with Crippen LogP contribution in [-0.2, 0) is 4.79 Å². The van der Waals surface area contributed by atoms with Crippen LogP contribution < -0.4 is 15.4 Å². The lowest BCUT2D eigenvalue weighted by atomic mass is 9.95. The summed E-state index contributed by atoms with van der Waals surface area (Å²) < 4.78 is 5.66. The molecule has 1 fully saturated rings. The Morgan fingerprint density at radius 2 is 2.18 bits per heavy atom. The molecule has 3 unspecified atom stereocenters. The molecule has 120 valence electrons. The van der Waals surface area contributed by atoms with Crippen LogP contribution in [0.1, 0.15) is 37.6 Å². The molecule has 0 aromatic heterocycles. The summed E-state index contributed by atoms with van der Waals surface area (Å²) in [6.07, 6.45) is 0.456. The van der Waals surface area contributed by atoms with Gasteiger partial charge in [-0.15, -0.1) is 0 Å². The summed E-state index contributed by atoms with van der Waals surface area (Å²) in [7, 11) is 0. The fourth-order valence-electron chi connectivity index (χ4n) is 2.53. The topological polar surface area (TPSA) is 67.4 Å². The third-order valence-electron chi connectivity index (χ3n) is 4.08. The van der Waals surface area contributed by atoms with E-state index in [0.29, 0.717) is 17.2 Å². The molecular weight excluding hydrogens is 280 g/mol. The average Bonchev–Trinajstić information content (AvgIpc) is 2.49. The lowest BCUT2D eigenvalue weighted by molar-refractivity contribution is -0.128. The van der Waals surface area contributed by atoms with Crippen molar-refractivity contribution in [3.63, 3.8) is 0 Å². The molecule has 0 aliphatic carbocycles. The third kappa shape index (κ3) is 4.31. The van der Waals surface area contributed by atoms with Crippen molar-refractivity contribution in [2.75, 3.05) is 13.1 Å². The number of piperidine rings is 1. The minimum atomic E-state index is -0.601. The second kappa shape index (κ2) is 7.40. The number of hydrogen-bond donors (Lipinski definition) is 2. The zero-order chi connectivity index (χ0) is 16.1. The molecule has 5 nitrogen and oxygen atoms in total. The molecule has 1 saturated heterocycles. The molecule has 3 atom stereocenters. The summed E-state index contributed by atoms with van der Waals surface area (Å²) in [4.78, 5) is 23.6. The van der Waals surface area contributed by atoms with E-state index < -0.39 is 6.10 Å². The summed E-state index contributed by atoms with van der Waals surface area (Å²) >= 11 is 0. The minimum absolute atomic E-state index is 0.0235. The standard InChI is InChI=1S/C17H24N2O3/c1-11-7-8-18-10-16(11)19-17(21)13(3)22-15-6-4-5-14(9-15)12(2)20/h4-6,9,11,13,16,18H,7-8,10H2,1-3H3,(H,19,21). The van der Waals surface area contributed by atoms with Gasteiger partial charge in [-0.25, -0.2) is 0 Å². The van der Waals surface area contributed by atoms with Crippen LogP contribution in [0, 0.1) is 5.92 Å². The average molecular weight is 304 g/mol. The maximum atomic E-state index is 12.2. The van der Waals surface area contributed by atoms with Crippen molar-refractivity contribution in [2.24, 2.45) is 5.92 Å². The van der Waals surface area contributed by atoms with E-state index in [2.05, 4.69) is 17.6 Å². The van der Waals surface area contributed by atoms with E-state index in [0.717, 1.165) is 19.5 Å². The summed E-state index contributed by atoms with van der Waals surface area (Å²) in [5.41, 5.74) is 0.579. The highest BCUT2D eigenvalue weighted by Gasteiger charge is 2.25. The van der Waals surface area contributed by atoms with Gasteiger partial charge in [-0.3, -0.25) is 9.59 Å². The summed E-state index contributed by atoms with van der Waals surface area (Å²) in [5, 5.41) is 6.32. The van der Waals surface area contributed by atoms with Crippen molar-refractivity contribution in [1.29, 1.82) is 0 Å². The number of carbonyl (C=O) groups is 2. The number of ketones is 1. The van der Waals surface area contributed by atoms with E-state index in [4.69, 9.17) is 4.74 Å². The van der Waals surface area contributed by atoms with Crippen molar-refractivity contribution in [1.82, 2.24) is 10.6 Å². The number of benzene rings is 1. The molecule has 2 N–H and O–H groups in total. The van der Waals surface area contributed by atoms with Crippen molar-refractivity contribution in [3.05, 3.63) is 29.8 Å². The van der Waals surface area contributed by atoms with E-state index in [-0.39, 0.29) is 17.7 Å². The van der Waals surface area contributed by atoms with Crippen LogP contribution in [-0.4, -0.2) is 36.9 Å². The number of rotatable bonds is 5. The molecule has 0 bridgehead atoms. The lowest BCUT2D eigenvalue weighted by Gasteiger charge is -2.31. The second-order valence-corrected chi connectivity index (χ2v) is 5.93. The molecule has 0 saturated carbocycles. The summed E-state index contributed by atoms with van der Waals surface area (Å²) in [6.45, 7) is 7.16. The normalized spacial score (nSPS) is 22.7. The molecule has 1 heterocycles. The van der Waals surface area contributed by atoms with Crippen LogP contribution in [0.15, 0.2) is 24.3 Å². The molecule has 1 aliphatic heterocycles. The lowest BCUT2D eigenvalue weighted by Crippen LogP contribution is -2.52. The highest BCUT2D eigenvalue weighted by molar-refractivity contribution is 5.94. The first kappa shape index (κ1) is 16.5. The fourth-order valence-corrected chi connectivity index (χ4v) is 2.53. The Morgan fingerprint density at radius 1 is 1.41 bits per heavy atom. The highest BCUT2D eigenvalue weighted by atomic mass is 16.5. The predicted octanol–water partition coefficient (Wildman–Crippen LogP) is 1.77. The molecule has 22 heavy (non-hydrogen) atoms. The van der Waals surface area contributed by atoms with E-state index in [9.17, 15) is 9.59 Å². The molecular formula is C17H24N2O3. The number of carbonyl (C=O) groups excluding carboxylic acids is 2. The number of hydrogen-bond acceptors (Lipinski definition) is 4.